The quantitative estimate of drug-likeness (QED) is 0.0645. The van der Waals surface area contributed by atoms with E-state index in [9.17, 15) is 40.5 Å². The van der Waals surface area contributed by atoms with E-state index in [-0.39, 0.29) is 0 Å². The molecule has 19 nitrogen and oxygen atoms in total. The molecule has 6 aromatic carbocycles. The van der Waals surface area contributed by atoms with Gasteiger partial charge >= 0.3 is 31.3 Å². The lowest BCUT2D eigenvalue weighted by molar-refractivity contribution is -0.403. The van der Waals surface area contributed by atoms with Gasteiger partial charge < -0.3 is 40.5 Å². The first-order valence-electron chi connectivity index (χ1n) is 18.6. The van der Waals surface area contributed by atoms with E-state index in [1.165, 1.54) is 31.8 Å². The summed E-state index contributed by atoms with van der Waals surface area (Å²) in [6.45, 7) is 0. The summed E-state index contributed by atoms with van der Waals surface area (Å²) in [7, 11) is -7.25. The maximum absolute atomic E-state index is 10.8. The van der Waals surface area contributed by atoms with E-state index in [0.717, 1.165) is 0 Å². The zero-order valence-electron chi connectivity index (χ0n) is 32.4. The van der Waals surface area contributed by atoms with Crippen LogP contribution < -0.4 is 31.8 Å². The van der Waals surface area contributed by atoms with Crippen LogP contribution in [0.3, 0.4) is 0 Å². The van der Waals surface area contributed by atoms with E-state index in [1.54, 1.807) is 0 Å². The first-order chi connectivity index (χ1) is 30.0. The Bertz CT molecular complexity index is 2650. The highest BCUT2D eigenvalue weighted by Gasteiger charge is 2.49. The molecule has 0 spiro atoms. The molecule has 0 aliphatic rings. The summed E-state index contributed by atoms with van der Waals surface area (Å²) in [5.41, 5.74) is 0. The zero-order chi connectivity index (χ0) is 43.7. The van der Waals surface area contributed by atoms with Crippen molar-refractivity contribution in [3.63, 3.8) is 0 Å². The minimum atomic E-state index is -2.50. The fourth-order valence-corrected chi connectivity index (χ4v) is 16.4. The van der Waals surface area contributed by atoms with Gasteiger partial charge in [-0.2, -0.15) is 0 Å². The summed E-state index contributed by atoms with van der Waals surface area (Å²) in [5, 5.41) is 56.6. The Morgan fingerprint density at radius 2 is 0.710 bits per heavy atom. The zero-order valence-corrected chi connectivity index (χ0v) is 34.2. The standard InChI is InChI=1S/C36H30NP2.C4H2BN10O8/c1-7-19-31(20-8-1)38(32-21-9-2-10-22-32,33-23-11-3-12-24-33)37-39(34-25-13-4-14-26-34,35-27-15-5-16-28-35)36-29-17-6-18-30-36;16-12(17)1-6-3(14(20)21)10(8-1)5-11-4(15(22)23)7-2(9-11)13(18)19/h1-30H;5H2/q+1;-1. The van der Waals surface area contributed by atoms with Gasteiger partial charge in [0, 0.05) is 36.1 Å². The fraction of sp³-hybridized carbons (Fsp3) is 0. The summed E-state index contributed by atoms with van der Waals surface area (Å²) in [4.78, 5) is 44.3. The largest absolute Gasteiger partial charge is 0.504 e. The van der Waals surface area contributed by atoms with Crippen LogP contribution in [0, 0.1) is 40.5 Å². The molecule has 22 heteroatoms. The molecule has 0 fully saturated rings. The second-order valence-corrected chi connectivity index (χ2v) is 19.6. The molecular formula is C40H32BN11O8P2. The Balaban J connectivity index is 0.000000215. The van der Waals surface area contributed by atoms with E-state index in [1.807, 2.05) is 0 Å². The van der Waals surface area contributed by atoms with Gasteiger partial charge in [-0.25, -0.2) is 9.19 Å². The molecule has 0 unspecified atom stereocenters. The number of aromatic nitrogens is 6. The van der Waals surface area contributed by atoms with Crippen LogP contribution in [0.5, 0.6) is 0 Å². The molecule has 0 N–H and O–H groups in total. The Morgan fingerprint density at radius 3 is 0.968 bits per heavy atom. The van der Waals surface area contributed by atoms with E-state index in [4.69, 9.17) is 4.52 Å². The third kappa shape index (κ3) is 8.49. The Morgan fingerprint density at radius 1 is 0.435 bits per heavy atom. The lowest BCUT2D eigenvalue weighted by atomic mass is 10.2. The van der Waals surface area contributed by atoms with Crippen molar-refractivity contribution in [2.24, 2.45) is 4.52 Å². The maximum atomic E-state index is 10.8. The van der Waals surface area contributed by atoms with Gasteiger partial charge in [-0.05, 0) is 56.1 Å². The van der Waals surface area contributed by atoms with Crippen molar-refractivity contribution in [2.75, 3.05) is 0 Å². The third-order valence-electron chi connectivity index (χ3n) is 9.54. The molecule has 0 saturated carbocycles. The molecule has 0 saturated heterocycles. The van der Waals surface area contributed by atoms with E-state index in [2.05, 4.69) is 202 Å². The summed E-state index contributed by atoms with van der Waals surface area (Å²) >= 11 is 0. The molecule has 0 atom stereocenters. The molecule has 0 aliphatic heterocycles. The van der Waals surface area contributed by atoms with Crippen molar-refractivity contribution in [1.29, 1.82) is 0 Å². The van der Waals surface area contributed by atoms with E-state index < -0.39 is 65.5 Å². The van der Waals surface area contributed by atoms with Crippen molar-refractivity contribution in [2.45, 2.75) is 0 Å². The summed E-state index contributed by atoms with van der Waals surface area (Å²) in [6, 6.07) is 65.7. The maximum Gasteiger partial charge on any atom is 0.504 e. The molecule has 2 aromatic heterocycles. The first kappa shape index (κ1) is 42.1. The monoisotopic (exact) mass is 867 g/mol. The van der Waals surface area contributed by atoms with Gasteiger partial charge in [0.2, 0.25) is 7.41 Å². The number of benzene rings is 6. The minimum Gasteiger partial charge on any atom is -0.390 e. The molecule has 2 heterocycles. The Hall–Kier alpha value is -8.08. The van der Waals surface area contributed by atoms with Crippen molar-refractivity contribution < 1.29 is 19.7 Å². The molecule has 62 heavy (non-hydrogen) atoms. The van der Waals surface area contributed by atoms with Gasteiger partial charge in [0.1, 0.15) is 23.0 Å². The average molecular weight is 868 g/mol. The van der Waals surface area contributed by atoms with Crippen LogP contribution in [-0.2, 0) is 0 Å². The van der Waals surface area contributed by atoms with Crippen LogP contribution in [0.25, 0.3) is 0 Å². The van der Waals surface area contributed by atoms with Gasteiger partial charge in [-0.3, -0.25) is 0 Å². The van der Waals surface area contributed by atoms with Gasteiger partial charge in [0.25, 0.3) is 0 Å². The van der Waals surface area contributed by atoms with Crippen LogP contribution in [0.2, 0.25) is 0 Å². The van der Waals surface area contributed by atoms with Gasteiger partial charge in [-0.15, -0.1) is 4.52 Å². The number of rotatable bonds is 13. The van der Waals surface area contributed by atoms with E-state index in [0.29, 0.717) is 9.19 Å². The second kappa shape index (κ2) is 18.5. The molecular weight excluding hydrogens is 835 g/mol. The highest BCUT2D eigenvalue weighted by Crippen LogP contribution is 2.66. The highest BCUT2D eigenvalue weighted by molar-refractivity contribution is 8.01. The number of nitro groups is 4. The van der Waals surface area contributed by atoms with Crippen LogP contribution in [0.15, 0.2) is 187 Å². The van der Waals surface area contributed by atoms with Gasteiger partial charge in [-0.1, -0.05) is 146 Å². The Labute approximate surface area is 352 Å². The molecule has 8 rings (SSSR count). The van der Waals surface area contributed by atoms with Gasteiger partial charge in [0.05, 0.1) is 0 Å². The highest BCUT2D eigenvalue weighted by atomic mass is 31.2. The van der Waals surface area contributed by atoms with Gasteiger partial charge in [0.15, 0.2) is 0 Å². The minimum absolute atomic E-state index is 0.434. The number of hydrogen-bond acceptors (Lipinski definition) is 13. The SMILES string of the molecule is O=[N+]([O-])c1nc([N+](=O)[O-])n([BH2-]n2nc([N+](=O)[O-])nc2[N+](=O)[O-])n1.c1ccc(P(=N[P+](c2ccccc2)(c2ccccc2)c2ccccc2)(c2ccccc2)c2ccccc2)cc1. The normalized spacial score (nSPS) is 11.2. The van der Waals surface area contributed by atoms with Crippen LogP contribution in [-0.4, -0.2) is 56.6 Å². The van der Waals surface area contributed by atoms with Crippen molar-refractivity contribution in [3.8, 4) is 0 Å². The molecule has 308 valence electrons. The number of hydrogen-bond donors (Lipinski definition) is 0. The van der Waals surface area contributed by atoms with Crippen molar-refractivity contribution in [3.05, 3.63) is 222 Å². The Kier molecular flexibility index (Phi) is 12.5. The van der Waals surface area contributed by atoms with Crippen LogP contribution >= 0.6 is 14.5 Å². The van der Waals surface area contributed by atoms with Crippen molar-refractivity contribution in [1.82, 2.24) is 29.4 Å². The number of nitrogens with zero attached hydrogens (tertiary/aromatic N) is 11. The molecule has 0 amide bonds. The summed E-state index contributed by atoms with van der Waals surface area (Å²) < 4.78 is 7.25. The summed E-state index contributed by atoms with van der Waals surface area (Å²) in [5.74, 6) is -4.30. The lowest BCUT2D eigenvalue weighted by Crippen LogP contribution is -2.32. The van der Waals surface area contributed by atoms with Crippen LogP contribution in [0.4, 0.5) is 23.8 Å². The molecule has 0 radical (unpaired) electrons. The second-order valence-electron chi connectivity index (χ2n) is 13.3. The molecule has 0 bridgehead atoms. The van der Waals surface area contributed by atoms with Crippen LogP contribution in [0.1, 0.15) is 0 Å². The smallest absolute Gasteiger partial charge is 0.390 e. The summed E-state index contributed by atoms with van der Waals surface area (Å²) in [6.07, 6.45) is 0. The molecule has 0 aliphatic carbocycles. The predicted octanol–water partition coefficient (Wildman–Crippen LogP) is 4.97. The van der Waals surface area contributed by atoms with Crippen molar-refractivity contribution >= 4 is 77.6 Å². The average Bonchev–Trinajstić information content (AvgIpc) is 3.95. The topological polar surface area (TPSA) is 246 Å². The first-order valence-corrected chi connectivity index (χ1v) is 22.1. The third-order valence-corrected chi connectivity index (χ3v) is 18.0. The fourth-order valence-electron chi connectivity index (χ4n) is 6.91. The predicted molar refractivity (Wildman–Crippen MR) is 239 cm³/mol. The lowest BCUT2D eigenvalue weighted by Gasteiger charge is -2.31. The molecule has 8 aromatic rings. The van der Waals surface area contributed by atoms with E-state index >= 15 is 0 Å².